The van der Waals surface area contributed by atoms with Gasteiger partial charge in [-0.25, -0.2) is 4.98 Å². The lowest BCUT2D eigenvalue weighted by atomic mass is 9.89. The molecular formula is C13H19N3S. The van der Waals surface area contributed by atoms with Gasteiger partial charge in [0.1, 0.15) is 10.8 Å². The lowest BCUT2D eigenvalue weighted by Crippen LogP contribution is -2.23. The zero-order chi connectivity index (χ0) is 12.3. The number of hydrogen-bond acceptors (Lipinski definition) is 3. The van der Waals surface area contributed by atoms with E-state index in [9.17, 15) is 0 Å². The van der Waals surface area contributed by atoms with E-state index in [0.29, 0.717) is 10.4 Å². The molecule has 0 spiro atoms. The fourth-order valence-corrected chi connectivity index (χ4v) is 2.47. The van der Waals surface area contributed by atoms with E-state index in [1.165, 1.54) is 25.7 Å². The van der Waals surface area contributed by atoms with Crippen LogP contribution in [0.2, 0.25) is 0 Å². The summed E-state index contributed by atoms with van der Waals surface area (Å²) in [5.74, 6) is 0.901. The van der Waals surface area contributed by atoms with Gasteiger partial charge in [0.15, 0.2) is 0 Å². The average Bonchev–Trinajstić information content (AvgIpc) is 2.75. The van der Waals surface area contributed by atoms with E-state index in [0.717, 1.165) is 17.9 Å². The van der Waals surface area contributed by atoms with Crippen LogP contribution in [0.5, 0.6) is 0 Å². The highest BCUT2D eigenvalue weighted by Gasteiger charge is 2.28. The van der Waals surface area contributed by atoms with Crippen LogP contribution in [-0.4, -0.2) is 16.5 Å². The van der Waals surface area contributed by atoms with Gasteiger partial charge in [-0.3, -0.25) is 0 Å². The van der Waals surface area contributed by atoms with Crippen molar-refractivity contribution in [2.45, 2.75) is 32.6 Å². The summed E-state index contributed by atoms with van der Waals surface area (Å²) in [6.07, 6.45) is 7.05. The maximum Gasteiger partial charge on any atom is 0.125 e. The Morgan fingerprint density at radius 3 is 2.71 bits per heavy atom. The molecule has 1 heterocycles. The molecule has 0 aliphatic heterocycles. The first-order chi connectivity index (χ1) is 8.09. The van der Waals surface area contributed by atoms with Crippen molar-refractivity contribution in [3.63, 3.8) is 0 Å². The van der Waals surface area contributed by atoms with Gasteiger partial charge in [-0.2, -0.15) is 0 Å². The van der Waals surface area contributed by atoms with Gasteiger partial charge < -0.3 is 11.1 Å². The van der Waals surface area contributed by atoms with Gasteiger partial charge in [0.05, 0.1) is 0 Å². The van der Waals surface area contributed by atoms with E-state index in [1.807, 2.05) is 12.1 Å². The maximum atomic E-state index is 5.53. The van der Waals surface area contributed by atoms with Crippen molar-refractivity contribution in [1.29, 1.82) is 0 Å². The summed E-state index contributed by atoms with van der Waals surface area (Å²) in [6.45, 7) is 3.34. The summed E-state index contributed by atoms with van der Waals surface area (Å²) in [5, 5.41) is 3.40. The van der Waals surface area contributed by atoms with Crippen LogP contribution in [0.1, 0.15) is 38.2 Å². The normalized spacial score (nSPS) is 17.9. The van der Waals surface area contributed by atoms with E-state index in [1.54, 1.807) is 6.20 Å². The second-order valence-electron chi connectivity index (χ2n) is 5.17. The SMILES string of the molecule is CC1(CNc2ccc(C(N)=S)cn2)CCCC1. The molecule has 1 saturated carbocycles. The summed E-state index contributed by atoms with van der Waals surface area (Å²) in [4.78, 5) is 4.71. The van der Waals surface area contributed by atoms with Gasteiger partial charge in [0.25, 0.3) is 0 Å². The summed E-state index contributed by atoms with van der Waals surface area (Å²) >= 11 is 4.89. The van der Waals surface area contributed by atoms with Gasteiger partial charge in [-0.15, -0.1) is 0 Å². The Balaban J connectivity index is 1.93. The highest BCUT2D eigenvalue weighted by atomic mass is 32.1. The Morgan fingerprint density at radius 1 is 1.47 bits per heavy atom. The molecular weight excluding hydrogens is 230 g/mol. The van der Waals surface area contributed by atoms with Crippen molar-refractivity contribution in [3.8, 4) is 0 Å². The molecule has 1 aromatic rings. The summed E-state index contributed by atoms with van der Waals surface area (Å²) < 4.78 is 0. The Labute approximate surface area is 108 Å². The van der Waals surface area contributed by atoms with Gasteiger partial charge in [-0.05, 0) is 30.4 Å². The van der Waals surface area contributed by atoms with Crippen molar-refractivity contribution in [2.75, 3.05) is 11.9 Å². The van der Waals surface area contributed by atoms with Crippen LogP contribution in [0, 0.1) is 5.41 Å². The van der Waals surface area contributed by atoms with Crippen molar-refractivity contribution in [3.05, 3.63) is 23.9 Å². The molecule has 0 radical (unpaired) electrons. The van der Waals surface area contributed by atoms with Crippen molar-refractivity contribution in [2.24, 2.45) is 11.1 Å². The number of nitrogens with one attached hydrogen (secondary N) is 1. The number of thiocarbonyl (C=S) groups is 1. The van der Waals surface area contributed by atoms with Gasteiger partial charge in [-0.1, -0.05) is 32.0 Å². The molecule has 92 valence electrons. The topological polar surface area (TPSA) is 50.9 Å². The maximum absolute atomic E-state index is 5.53. The predicted octanol–water partition coefficient (Wildman–Crippen LogP) is 2.71. The summed E-state index contributed by atoms with van der Waals surface area (Å²) in [7, 11) is 0. The molecule has 4 heteroatoms. The van der Waals surface area contributed by atoms with Crippen molar-refractivity contribution >= 4 is 23.0 Å². The molecule has 1 aromatic heterocycles. The second-order valence-corrected chi connectivity index (χ2v) is 5.61. The number of rotatable bonds is 4. The molecule has 0 amide bonds. The third-order valence-electron chi connectivity index (χ3n) is 3.55. The molecule has 0 atom stereocenters. The smallest absolute Gasteiger partial charge is 0.125 e. The molecule has 0 bridgehead atoms. The van der Waals surface area contributed by atoms with Crippen LogP contribution in [-0.2, 0) is 0 Å². The van der Waals surface area contributed by atoms with Crippen LogP contribution in [0.15, 0.2) is 18.3 Å². The first-order valence-electron chi connectivity index (χ1n) is 6.09. The van der Waals surface area contributed by atoms with E-state index in [-0.39, 0.29) is 0 Å². The first-order valence-corrected chi connectivity index (χ1v) is 6.50. The van der Waals surface area contributed by atoms with Gasteiger partial charge in [0, 0.05) is 18.3 Å². The lowest BCUT2D eigenvalue weighted by Gasteiger charge is -2.23. The molecule has 1 aliphatic carbocycles. The van der Waals surface area contributed by atoms with Crippen LogP contribution >= 0.6 is 12.2 Å². The van der Waals surface area contributed by atoms with Gasteiger partial charge >= 0.3 is 0 Å². The molecule has 1 fully saturated rings. The fraction of sp³-hybridized carbons (Fsp3) is 0.538. The highest BCUT2D eigenvalue weighted by molar-refractivity contribution is 7.80. The Hall–Kier alpha value is -1.16. The molecule has 3 nitrogen and oxygen atoms in total. The zero-order valence-corrected chi connectivity index (χ0v) is 11.0. The minimum atomic E-state index is 0.395. The number of aromatic nitrogens is 1. The molecule has 0 saturated heterocycles. The fourth-order valence-electron chi connectivity index (χ4n) is 2.35. The standard InChI is InChI=1S/C13H19N3S/c1-13(6-2-3-7-13)9-16-11-5-4-10(8-15-11)12(14)17/h4-5,8H,2-3,6-7,9H2,1H3,(H2,14,17)(H,15,16). The average molecular weight is 249 g/mol. The number of nitrogens with zero attached hydrogens (tertiary/aromatic N) is 1. The number of hydrogen-bond donors (Lipinski definition) is 2. The third-order valence-corrected chi connectivity index (χ3v) is 3.79. The third kappa shape index (κ3) is 3.16. The molecule has 3 N–H and O–H groups in total. The molecule has 17 heavy (non-hydrogen) atoms. The Kier molecular flexibility index (Phi) is 3.62. The van der Waals surface area contributed by atoms with Crippen LogP contribution in [0.25, 0.3) is 0 Å². The van der Waals surface area contributed by atoms with E-state index < -0.39 is 0 Å². The number of nitrogens with two attached hydrogens (primary N) is 1. The second kappa shape index (κ2) is 5.00. The summed E-state index contributed by atoms with van der Waals surface area (Å²) in [6, 6.07) is 3.85. The molecule has 1 aliphatic rings. The Bertz CT molecular complexity index is 394. The minimum Gasteiger partial charge on any atom is -0.389 e. The van der Waals surface area contributed by atoms with Crippen molar-refractivity contribution < 1.29 is 0 Å². The zero-order valence-electron chi connectivity index (χ0n) is 10.2. The highest BCUT2D eigenvalue weighted by Crippen LogP contribution is 2.37. The molecule has 0 unspecified atom stereocenters. The predicted molar refractivity (Wildman–Crippen MR) is 75.2 cm³/mol. The van der Waals surface area contributed by atoms with E-state index in [2.05, 4.69) is 17.2 Å². The number of pyridine rings is 1. The monoisotopic (exact) mass is 249 g/mol. The first kappa shape index (κ1) is 12.3. The van der Waals surface area contributed by atoms with Crippen LogP contribution in [0.3, 0.4) is 0 Å². The number of anilines is 1. The van der Waals surface area contributed by atoms with E-state index in [4.69, 9.17) is 18.0 Å². The van der Waals surface area contributed by atoms with E-state index >= 15 is 0 Å². The molecule has 2 rings (SSSR count). The molecule has 0 aromatic carbocycles. The Morgan fingerprint density at radius 2 is 2.18 bits per heavy atom. The summed E-state index contributed by atoms with van der Waals surface area (Å²) in [5.41, 5.74) is 6.78. The van der Waals surface area contributed by atoms with Crippen LogP contribution < -0.4 is 11.1 Å². The lowest BCUT2D eigenvalue weighted by molar-refractivity contribution is 0.361. The van der Waals surface area contributed by atoms with Crippen LogP contribution in [0.4, 0.5) is 5.82 Å². The minimum absolute atomic E-state index is 0.395. The largest absolute Gasteiger partial charge is 0.389 e. The van der Waals surface area contributed by atoms with Gasteiger partial charge in [0.2, 0.25) is 0 Å². The van der Waals surface area contributed by atoms with Crippen molar-refractivity contribution in [1.82, 2.24) is 4.98 Å². The quantitative estimate of drug-likeness (QED) is 0.806.